The smallest absolute Gasteiger partial charge is 0.256 e. The normalized spacial score (nSPS) is 18.9. The van der Waals surface area contributed by atoms with E-state index in [1.54, 1.807) is 4.90 Å². The minimum absolute atomic E-state index is 0.00743. The van der Waals surface area contributed by atoms with Crippen molar-refractivity contribution in [2.24, 2.45) is 0 Å². The van der Waals surface area contributed by atoms with Crippen LogP contribution in [0.25, 0.3) is 0 Å². The Balaban J connectivity index is 1.23. The predicted molar refractivity (Wildman–Crippen MR) is 112 cm³/mol. The van der Waals surface area contributed by atoms with Crippen molar-refractivity contribution in [3.63, 3.8) is 0 Å². The molecule has 3 aliphatic rings. The van der Waals surface area contributed by atoms with Crippen LogP contribution in [0.4, 0.5) is 5.69 Å². The standard InChI is InChI=1S/C23H25N3O4/c27-22-6-3-9-26(22)19-5-2-1-4-18(19)23(28)25-12-10-24(11-13-25)15-17-7-8-20-21(14-17)30-16-29-20/h1-2,4-5,7-8,14H,3,6,9-13,15-16H2. The van der Waals surface area contributed by atoms with Gasteiger partial charge in [0.05, 0.1) is 11.3 Å². The van der Waals surface area contributed by atoms with Crippen LogP contribution in [-0.2, 0) is 11.3 Å². The maximum atomic E-state index is 13.2. The van der Waals surface area contributed by atoms with Crippen molar-refractivity contribution in [2.75, 3.05) is 44.4 Å². The molecule has 0 unspecified atom stereocenters. The Morgan fingerprint density at radius 3 is 2.53 bits per heavy atom. The molecule has 3 heterocycles. The first kappa shape index (κ1) is 18.9. The third-order valence-electron chi connectivity index (χ3n) is 6.00. The molecule has 2 amide bonds. The van der Waals surface area contributed by atoms with Gasteiger partial charge in [0.25, 0.3) is 5.91 Å². The maximum absolute atomic E-state index is 13.2. The average molecular weight is 407 g/mol. The summed E-state index contributed by atoms with van der Waals surface area (Å²) in [7, 11) is 0. The SMILES string of the molecule is O=C(c1ccccc1N1CCCC1=O)N1CCN(Cc2ccc3c(c2)OCO3)CC1. The number of carbonyl (C=O) groups excluding carboxylic acids is 2. The Morgan fingerprint density at radius 2 is 1.73 bits per heavy atom. The van der Waals surface area contributed by atoms with Gasteiger partial charge in [0, 0.05) is 45.7 Å². The van der Waals surface area contributed by atoms with E-state index in [1.165, 1.54) is 5.56 Å². The molecule has 2 aromatic carbocycles. The van der Waals surface area contributed by atoms with Gasteiger partial charge in [-0.25, -0.2) is 0 Å². The van der Waals surface area contributed by atoms with E-state index < -0.39 is 0 Å². The molecule has 0 aromatic heterocycles. The molecule has 0 bridgehead atoms. The van der Waals surface area contributed by atoms with E-state index in [1.807, 2.05) is 41.3 Å². The Morgan fingerprint density at radius 1 is 0.933 bits per heavy atom. The molecule has 2 saturated heterocycles. The van der Waals surface area contributed by atoms with Crippen molar-refractivity contribution in [3.05, 3.63) is 53.6 Å². The Bertz CT molecular complexity index is 969. The first-order valence-corrected chi connectivity index (χ1v) is 10.5. The minimum atomic E-state index is 0.00743. The summed E-state index contributed by atoms with van der Waals surface area (Å²) < 4.78 is 10.8. The van der Waals surface area contributed by atoms with Gasteiger partial charge in [-0.1, -0.05) is 18.2 Å². The number of piperazine rings is 1. The molecule has 7 heteroatoms. The fourth-order valence-corrected chi connectivity index (χ4v) is 4.37. The van der Waals surface area contributed by atoms with Crippen molar-refractivity contribution in [1.82, 2.24) is 9.80 Å². The fourth-order valence-electron chi connectivity index (χ4n) is 4.37. The molecular weight excluding hydrogens is 382 g/mol. The molecule has 0 N–H and O–H groups in total. The van der Waals surface area contributed by atoms with Gasteiger partial charge in [-0.05, 0) is 36.2 Å². The van der Waals surface area contributed by atoms with E-state index in [0.29, 0.717) is 31.6 Å². The second kappa shape index (κ2) is 7.99. The van der Waals surface area contributed by atoms with Crippen molar-refractivity contribution in [3.8, 4) is 11.5 Å². The first-order chi connectivity index (χ1) is 14.7. The Kier molecular flexibility index (Phi) is 5.04. The summed E-state index contributed by atoms with van der Waals surface area (Å²) in [6, 6.07) is 13.5. The monoisotopic (exact) mass is 407 g/mol. The highest BCUT2D eigenvalue weighted by atomic mass is 16.7. The van der Waals surface area contributed by atoms with Crippen LogP contribution >= 0.6 is 0 Å². The Labute approximate surface area is 175 Å². The van der Waals surface area contributed by atoms with Crippen molar-refractivity contribution < 1.29 is 19.1 Å². The Hall–Kier alpha value is -3.06. The number of hydrogen-bond acceptors (Lipinski definition) is 5. The van der Waals surface area contributed by atoms with Crippen molar-refractivity contribution in [2.45, 2.75) is 19.4 Å². The van der Waals surface area contributed by atoms with E-state index in [2.05, 4.69) is 11.0 Å². The highest BCUT2D eigenvalue weighted by Gasteiger charge is 2.29. The summed E-state index contributed by atoms with van der Waals surface area (Å²) in [6.07, 6.45) is 1.40. The summed E-state index contributed by atoms with van der Waals surface area (Å²) in [5.41, 5.74) is 2.54. The average Bonchev–Trinajstić information content (AvgIpc) is 3.42. The largest absolute Gasteiger partial charge is 0.454 e. The third-order valence-corrected chi connectivity index (χ3v) is 6.00. The number of hydrogen-bond donors (Lipinski definition) is 0. The van der Waals surface area contributed by atoms with Gasteiger partial charge >= 0.3 is 0 Å². The fraction of sp³-hybridized carbons (Fsp3) is 0.391. The summed E-state index contributed by atoms with van der Waals surface area (Å²) in [4.78, 5) is 31.4. The molecule has 0 aliphatic carbocycles. The van der Waals surface area contributed by atoms with Gasteiger partial charge in [-0.15, -0.1) is 0 Å². The number of para-hydroxylation sites is 1. The molecule has 0 spiro atoms. The van der Waals surface area contributed by atoms with E-state index in [9.17, 15) is 9.59 Å². The number of carbonyl (C=O) groups is 2. The lowest BCUT2D eigenvalue weighted by Crippen LogP contribution is -2.48. The van der Waals surface area contributed by atoms with Crippen LogP contribution in [0.1, 0.15) is 28.8 Å². The molecule has 0 saturated carbocycles. The van der Waals surface area contributed by atoms with Gasteiger partial charge in [-0.2, -0.15) is 0 Å². The zero-order chi connectivity index (χ0) is 20.5. The number of amides is 2. The van der Waals surface area contributed by atoms with E-state index >= 15 is 0 Å². The predicted octanol–water partition coefficient (Wildman–Crippen LogP) is 2.50. The topological polar surface area (TPSA) is 62.3 Å². The zero-order valence-corrected chi connectivity index (χ0v) is 16.9. The third kappa shape index (κ3) is 3.61. The number of ether oxygens (including phenoxy) is 2. The quantitative estimate of drug-likeness (QED) is 0.779. The van der Waals surface area contributed by atoms with Crippen molar-refractivity contribution in [1.29, 1.82) is 0 Å². The summed E-state index contributed by atoms with van der Waals surface area (Å²) in [5, 5.41) is 0. The van der Waals surface area contributed by atoms with Crippen LogP contribution in [0.15, 0.2) is 42.5 Å². The molecule has 2 aromatic rings. The molecule has 0 atom stereocenters. The molecular formula is C23H25N3O4. The van der Waals surface area contributed by atoms with Gasteiger partial charge in [0.1, 0.15) is 0 Å². The number of anilines is 1. The molecule has 5 rings (SSSR count). The van der Waals surface area contributed by atoms with Crippen LogP contribution in [-0.4, -0.2) is 61.1 Å². The summed E-state index contributed by atoms with van der Waals surface area (Å²) in [5.74, 6) is 1.70. The van der Waals surface area contributed by atoms with E-state index in [-0.39, 0.29) is 18.6 Å². The van der Waals surface area contributed by atoms with Crippen LogP contribution in [0, 0.1) is 0 Å². The van der Waals surface area contributed by atoms with E-state index in [0.717, 1.165) is 43.2 Å². The van der Waals surface area contributed by atoms with Gasteiger partial charge in [0.2, 0.25) is 12.7 Å². The second-order valence-corrected chi connectivity index (χ2v) is 7.92. The molecule has 3 aliphatic heterocycles. The van der Waals surface area contributed by atoms with E-state index in [4.69, 9.17) is 9.47 Å². The minimum Gasteiger partial charge on any atom is -0.454 e. The van der Waals surface area contributed by atoms with Crippen LogP contribution in [0.2, 0.25) is 0 Å². The number of nitrogens with zero attached hydrogens (tertiary/aromatic N) is 3. The highest BCUT2D eigenvalue weighted by Crippen LogP contribution is 2.33. The van der Waals surface area contributed by atoms with Gasteiger partial charge < -0.3 is 19.3 Å². The summed E-state index contributed by atoms with van der Waals surface area (Å²) >= 11 is 0. The summed E-state index contributed by atoms with van der Waals surface area (Å²) in [6.45, 7) is 4.75. The lowest BCUT2D eigenvalue weighted by atomic mass is 10.1. The molecule has 30 heavy (non-hydrogen) atoms. The van der Waals surface area contributed by atoms with Crippen LogP contribution in [0.5, 0.6) is 11.5 Å². The van der Waals surface area contributed by atoms with Crippen molar-refractivity contribution >= 4 is 17.5 Å². The van der Waals surface area contributed by atoms with Crippen LogP contribution < -0.4 is 14.4 Å². The first-order valence-electron chi connectivity index (χ1n) is 10.5. The number of benzene rings is 2. The van der Waals surface area contributed by atoms with Gasteiger partial charge in [-0.3, -0.25) is 14.5 Å². The molecule has 0 radical (unpaired) electrons. The molecule has 2 fully saturated rings. The zero-order valence-electron chi connectivity index (χ0n) is 16.9. The second-order valence-electron chi connectivity index (χ2n) is 7.92. The lowest BCUT2D eigenvalue weighted by molar-refractivity contribution is -0.117. The molecule has 156 valence electrons. The number of rotatable bonds is 4. The van der Waals surface area contributed by atoms with Gasteiger partial charge in [0.15, 0.2) is 11.5 Å². The highest BCUT2D eigenvalue weighted by molar-refractivity contribution is 6.05. The van der Waals surface area contributed by atoms with Crippen LogP contribution in [0.3, 0.4) is 0 Å². The maximum Gasteiger partial charge on any atom is 0.256 e. The lowest BCUT2D eigenvalue weighted by Gasteiger charge is -2.35. The number of fused-ring (bicyclic) bond motifs is 1. The molecule has 7 nitrogen and oxygen atoms in total.